The summed E-state index contributed by atoms with van der Waals surface area (Å²) in [5.41, 5.74) is 2.44. The molecule has 1 N–H and O–H groups in total. The summed E-state index contributed by atoms with van der Waals surface area (Å²) in [6.07, 6.45) is 3.78. The van der Waals surface area contributed by atoms with E-state index in [1.165, 1.54) is 24.8 Å². The first-order chi connectivity index (χ1) is 8.26. The van der Waals surface area contributed by atoms with Gasteiger partial charge in [0.1, 0.15) is 0 Å². The molecule has 2 rings (SSSR count). The van der Waals surface area contributed by atoms with E-state index in [2.05, 4.69) is 24.4 Å². The van der Waals surface area contributed by atoms with Crippen LogP contribution in [0.3, 0.4) is 0 Å². The Labute approximate surface area is 103 Å². The molecule has 1 heterocycles. The Morgan fingerprint density at radius 1 is 1.18 bits per heavy atom. The molecule has 3 heteroatoms. The number of nitrogens with one attached hydrogen (secondary N) is 1. The highest BCUT2D eigenvalue weighted by Crippen LogP contribution is 2.35. The monoisotopic (exact) mass is 235 g/mol. The number of ether oxygens (including phenoxy) is 2. The van der Waals surface area contributed by atoms with E-state index < -0.39 is 0 Å². The first-order valence-corrected chi connectivity index (χ1v) is 6.22. The van der Waals surface area contributed by atoms with E-state index in [9.17, 15) is 0 Å². The summed E-state index contributed by atoms with van der Waals surface area (Å²) < 4.78 is 10.8. The lowest BCUT2D eigenvalue weighted by Gasteiger charge is -2.25. The van der Waals surface area contributed by atoms with Crippen LogP contribution in [0.2, 0.25) is 0 Å². The fourth-order valence-corrected chi connectivity index (χ4v) is 2.52. The number of hydrogen-bond donors (Lipinski definition) is 1. The molecule has 1 aromatic rings. The van der Waals surface area contributed by atoms with E-state index in [0.717, 1.165) is 23.6 Å². The molecule has 1 unspecified atom stereocenters. The average molecular weight is 235 g/mol. The lowest BCUT2D eigenvalue weighted by atomic mass is 9.96. The van der Waals surface area contributed by atoms with Crippen LogP contribution in [0.15, 0.2) is 12.1 Å². The van der Waals surface area contributed by atoms with E-state index in [0.29, 0.717) is 6.04 Å². The zero-order valence-electron chi connectivity index (χ0n) is 10.9. The molecule has 1 aliphatic heterocycles. The maximum absolute atomic E-state index is 5.40. The summed E-state index contributed by atoms with van der Waals surface area (Å²) in [6.45, 7) is 3.17. The molecule has 0 spiro atoms. The van der Waals surface area contributed by atoms with E-state index in [4.69, 9.17) is 9.47 Å². The van der Waals surface area contributed by atoms with Gasteiger partial charge in [-0.05, 0) is 43.5 Å². The van der Waals surface area contributed by atoms with E-state index in [1.807, 2.05) is 0 Å². The second kappa shape index (κ2) is 5.41. The van der Waals surface area contributed by atoms with Crippen molar-refractivity contribution in [1.82, 2.24) is 5.32 Å². The molecular formula is C14H21NO2. The molecule has 0 aromatic heterocycles. The predicted molar refractivity (Wildman–Crippen MR) is 68.9 cm³/mol. The van der Waals surface area contributed by atoms with Gasteiger partial charge >= 0.3 is 0 Å². The van der Waals surface area contributed by atoms with Gasteiger partial charge < -0.3 is 14.8 Å². The van der Waals surface area contributed by atoms with Crippen LogP contribution in [0.5, 0.6) is 11.5 Å². The summed E-state index contributed by atoms with van der Waals surface area (Å²) in [7, 11) is 3.37. The van der Waals surface area contributed by atoms with Crippen molar-refractivity contribution in [2.75, 3.05) is 20.8 Å². The van der Waals surface area contributed by atoms with Crippen LogP contribution in [0.4, 0.5) is 0 Å². The second-order valence-corrected chi connectivity index (χ2v) is 4.58. The molecule has 1 fully saturated rings. The second-order valence-electron chi connectivity index (χ2n) is 4.58. The Bertz CT molecular complexity index is 384. The average Bonchev–Trinajstić information content (AvgIpc) is 2.38. The van der Waals surface area contributed by atoms with Crippen LogP contribution in [0, 0.1) is 6.92 Å². The highest BCUT2D eigenvalue weighted by molar-refractivity contribution is 5.49. The minimum atomic E-state index is 0.460. The third kappa shape index (κ3) is 2.55. The molecule has 0 radical (unpaired) electrons. The van der Waals surface area contributed by atoms with Crippen molar-refractivity contribution in [2.24, 2.45) is 0 Å². The van der Waals surface area contributed by atoms with Gasteiger partial charge in [-0.25, -0.2) is 0 Å². The molecule has 0 aliphatic carbocycles. The van der Waals surface area contributed by atoms with Crippen LogP contribution in [-0.2, 0) is 0 Å². The zero-order valence-corrected chi connectivity index (χ0v) is 10.9. The number of aryl methyl sites for hydroxylation is 1. The molecule has 94 valence electrons. The number of benzene rings is 1. The Morgan fingerprint density at radius 3 is 2.59 bits per heavy atom. The topological polar surface area (TPSA) is 30.5 Å². The van der Waals surface area contributed by atoms with Gasteiger partial charge in [-0.3, -0.25) is 0 Å². The molecule has 0 saturated carbocycles. The van der Waals surface area contributed by atoms with Crippen molar-refractivity contribution in [3.8, 4) is 11.5 Å². The summed E-state index contributed by atoms with van der Waals surface area (Å²) in [4.78, 5) is 0. The van der Waals surface area contributed by atoms with Crippen LogP contribution >= 0.6 is 0 Å². The number of rotatable bonds is 3. The minimum Gasteiger partial charge on any atom is -0.493 e. The molecule has 3 nitrogen and oxygen atoms in total. The lowest BCUT2D eigenvalue weighted by Crippen LogP contribution is -2.26. The predicted octanol–water partition coefficient (Wildman–Crippen LogP) is 2.83. The molecule has 1 atom stereocenters. The van der Waals surface area contributed by atoms with Gasteiger partial charge in [0.15, 0.2) is 11.5 Å². The Morgan fingerprint density at radius 2 is 2.00 bits per heavy atom. The van der Waals surface area contributed by atoms with Crippen molar-refractivity contribution >= 4 is 0 Å². The third-order valence-electron chi connectivity index (χ3n) is 3.40. The smallest absolute Gasteiger partial charge is 0.163 e. The fraction of sp³-hybridized carbons (Fsp3) is 0.571. The van der Waals surface area contributed by atoms with E-state index in [1.54, 1.807) is 14.2 Å². The highest BCUT2D eigenvalue weighted by Gasteiger charge is 2.18. The summed E-state index contributed by atoms with van der Waals surface area (Å²) >= 11 is 0. The molecule has 0 amide bonds. The van der Waals surface area contributed by atoms with Crippen LogP contribution in [0.25, 0.3) is 0 Å². The molecule has 1 aromatic carbocycles. The van der Waals surface area contributed by atoms with Gasteiger partial charge in [-0.2, -0.15) is 0 Å². The zero-order chi connectivity index (χ0) is 12.3. The van der Waals surface area contributed by atoms with Gasteiger partial charge in [0.25, 0.3) is 0 Å². The Kier molecular flexibility index (Phi) is 3.89. The van der Waals surface area contributed by atoms with E-state index >= 15 is 0 Å². The van der Waals surface area contributed by atoms with Gasteiger partial charge in [0, 0.05) is 6.04 Å². The summed E-state index contributed by atoms with van der Waals surface area (Å²) in [5.74, 6) is 1.67. The third-order valence-corrected chi connectivity index (χ3v) is 3.40. The molecule has 17 heavy (non-hydrogen) atoms. The van der Waals surface area contributed by atoms with Crippen molar-refractivity contribution < 1.29 is 9.47 Å². The number of methoxy groups -OCH3 is 2. The van der Waals surface area contributed by atoms with Crippen molar-refractivity contribution in [1.29, 1.82) is 0 Å². The normalized spacial score (nSPS) is 20.1. The molecule has 1 aliphatic rings. The maximum Gasteiger partial charge on any atom is 0.163 e. The Hall–Kier alpha value is -1.22. The van der Waals surface area contributed by atoms with Crippen LogP contribution in [0.1, 0.15) is 36.4 Å². The number of hydrogen-bond acceptors (Lipinski definition) is 3. The van der Waals surface area contributed by atoms with E-state index in [-0.39, 0.29) is 0 Å². The van der Waals surface area contributed by atoms with Crippen molar-refractivity contribution in [3.05, 3.63) is 23.3 Å². The largest absolute Gasteiger partial charge is 0.493 e. The molecule has 1 saturated heterocycles. The quantitative estimate of drug-likeness (QED) is 0.874. The van der Waals surface area contributed by atoms with Gasteiger partial charge in [0.2, 0.25) is 0 Å². The SMILES string of the molecule is COc1cc(C2CCCCN2)cc(C)c1OC. The lowest BCUT2D eigenvalue weighted by molar-refractivity contribution is 0.350. The Balaban J connectivity index is 2.31. The highest BCUT2D eigenvalue weighted by atomic mass is 16.5. The molecule has 0 bridgehead atoms. The minimum absolute atomic E-state index is 0.460. The standard InChI is InChI=1S/C14H21NO2/c1-10-8-11(12-6-4-5-7-15-12)9-13(16-2)14(10)17-3/h8-9,12,15H,4-7H2,1-3H3. The fourth-order valence-electron chi connectivity index (χ4n) is 2.52. The van der Waals surface area contributed by atoms with Crippen molar-refractivity contribution in [3.63, 3.8) is 0 Å². The van der Waals surface area contributed by atoms with Gasteiger partial charge in [-0.15, -0.1) is 0 Å². The summed E-state index contributed by atoms with van der Waals surface area (Å²) in [5, 5.41) is 3.56. The first-order valence-electron chi connectivity index (χ1n) is 6.22. The van der Waals surface area contributed by atoms with Crippen molar-refractivity contribution in [2.45, 2.75) is 32.2 Å². The van der Waals surface area contributed by atoms with Gasteiger partial charge in [-0.1, -0.05) is 12.5 Å². The summed E-state index contributed by atoms with van der Waals surface area (Å²) in [6, 6.07) is 4.75. The molecular weight excluding hydrogens is 214 g/mol. The van der Waals surface area contributed by atoms with Gasteiger partial charge in [0.05, 0.1) is 14.2 Å². The van der Waals surface area contributed by atoms with Crippen LogP contribution < -0.4 is 14.8 Å². The van der Waals surface area contributed by atoms with Crippen LogP contribution in [-0.4, -0.2) is 20.8 Å². The first kappa shape index (κ1) is 12.2. The maximum atomic E-state index is 5.40. The number of piperidine rings is 1.